The van der Waals surface area contributed by atoms with E-state index in [2.05, 4.69) is 37.0 Å². The van der Waals surface area contributed by atoms with E-state index >= 15 is 0 Å². The first-order chi connectivity index (χ1) is 13.1. The molecule has 0 spiro atoms. The molecule has 0 amide bonds. The average Bonchev–Trinajstić information content (AvgIpc) is 2.60. The Balaban J connectivity index is 2.16. The monoisotopic (exact) mass is 504 g/mol. The maximum atomic E-state index is 13.2. The summed E-state index contributed by atoms with van der Waals surface area (Å²) < 4.78 is 3.20. The summed E-state index contributed by atoms with van der Waals surface area (Å²) in [4.78, 5) is 19.9. The maximum Gasteiger partial charge on any atom is 0.282 e. The van der Waals surface area contributed by atoms with Crippen LogP contribution in [0.1, 0.15) is 32.2 Å². The number of halogens is 2. The Morgan fingerprint density at radius 2 is 1.82 bits per heavy atom. The lowest BCUT2D eigenvalue weighted by molar-refractivity contribution is 0.506. The van der Waals surface area contributed by atoms with E-state index in [9.17, 15) is 4.79 Å². The van der Waals surface area contributed by atoms with Gasteiger partial charge in [-0.3, -0.25) is 4.79 Å². The lowest BCUT2D eigenvalue weighted by Gasteiger charge is -2.21. The van der Waals surface area contributed by atoms with Crippen molar-refractivity contribution < 1.29 is 0 Å². The van der Waals surface area contributed by atoms with Gasteiger partial charge in [0.1, 0.15) is 5.82 Å². The Morgan fingerprint density at radius 1 is 1.11 bits per heavy atom. The second kappa shape index (κ2) is 7.79. The SMILES string of the molecule is CN(C)c1ccc(C=Nn2c(C(C)(C)C)nc3ccc(Br)cc3c2=O)cc1Br. The number of aromatic nitrogens is 2. The first-order valence-corrected chi connectivity index (χ1v) is 10.4. The summed E-state index contributed by atoms with van der Waals surface area (Å²) in [5, 5.41) is 5.04. The summed E-state index contributed by atoms with van der Waals surface area (Å²) in [6, 6.07) is 11.5. The predicted molar refractivity (Wildman–Crippen MR) is 124 cm³/mol. The van der Waals surface area contributed by atoms with Crippen molar-refractivity contribution in [3.05, 3.63) is 67.1 Å². The highest BCUT2D eigenvalue weighted by atomic mass is 79.9. The van der Waals surface area contributed by atoms with Crippen LogP contribution in [0.4, 0.5) is 5.69 Å². The lowest BCUT2D eigenvalue weighted by Crippen LogP contribution is -2.29. The van der Waals surface area contributed by atoms with E-state index in [1.165, 1.54) is 4.68 Å². The van der Waals surface area contributed by atoms with Gasteiger partial charge in [0.25, 0.3) is 5.56 Å². The van der Waals surface area contributed by atoms with Gasteiger partial charge in [-0.05, 0) is 51.8 Å². The van der Waals surface area contributed by atoms with Crippen molar-refractivity contribution in [2.24, 2.45) is 5.10 Å². The van der Waals surface area contributed by atoms with Gasteiger partial charge in [0.05, 0.1) is 22.8 Å². The molecule has 146 valence electrons. The normalized spacial score (nSPS) is 12.1. The van der Waals surface area contributed by atoms with Gasteiger partial charge in [-0.2, -0.15) is 9.78 Å². The van der Waals surface area contributed by atoms with E-state index in [0.717, 1.165) is 20.2 Å². The van der Waals surface area contributed by atoms with Crippen LogP contribution in [0.25, 0.3) is 10.9 Å². The highest BCUT2D eigenvalue weighted by Crippen LogP contribution is 2.26. The highest BCUT2D eigenvalue weighted by Gasteiger charge is 2.22. The molecule has 1 heterocycles. The maximum absolute atomic E-state index is 13.2. The zero-order valence-electron chi connectivity index (χ0n) is 16.5. The van der Waals surface area contributed by atoms with Crippen LogP contribution in [0, 0.1) is 0 Å². The smallest absolute Gasteiger partial charge is 0.282 e. The van der Waals surface area contributed by atoms with Crippen LogP contribution in [0.2, 0.25) is 0 Å². The van der Waals surface area contributed by atoms with Crippen LogP contribution >= 0.6 is 31.9 Å². The number of benzene rings is 2. The zero-order chi connectivity index (χ0) is 20.6. The Bertz CT molecular complexity index is 1130. The first kappa shape index (κ1) is 20.7. The number of hydrogen-bond acceptors (Lipinski definition) is 4. The molecule has 0 aliphatic rings. The molecule has 0 fully saturated rings. The third-order valence-corrected chi connectivity index (χ3v) is 5.38. The molecule has 3 aromatic rings. The van der Waals surface area contributed by atoms with E-state index in [4.69, 9.17) is 4.98 Å². The van der Waals surface area contributed by atoms with Crippen LogP contribution in [0.3, 0.4) is 0 Å². The largest absolute Gasteiger partial charge is 0.377 e. The molecule has 2 aromatic carbocycles. The van der Waals surface area contributed by atoms with Crippen LogP contribution in [0.5, 0.6) is 0 Å². The second-order valence-corrected chi connectivity index (χ2v) is 9.58. The van der Waals surface area contributed by atoms with Crippen LogP contribution < -0.4 is 10.5 Å². The quantitative estimate of drug-likeness (QED) is 0.461. The second-order valence-electron chi connectivity index (χ2n) is 7.81. The lowest BCUT2D eigenvalue weighted by atomic mass is 9.95. The summed E-state index contributed by atoms with van der Waals surface area (Å²) in [5.74, 6) is 0.618. The molecule has 5 nitrogen and oxygen atoms in total. The van der Waals surface area contributed by atoms with E-state index in [1.54, 1.807) is 12.3 Å². The number of hydrogen-bond donors (Lipinski definition) is 0. The molecule has 0 saturated heterocycles. The van der Waals surface area contributed by atoms with Gasteiger partial charge in [0, 0.05) is 28.5 Å². The fourth-order valence-corrected chi connectivity index (χ4v) is 3.94. The molecule has 0 aliphatic carbocycles. The molecular formula is C21H22Br2N4O. The average molecular weight is 506 g/mol. The van der Waals surface area contributed by atoms with Crippen LogP contribution in [-0.4, -0.2) is 30.0 Å². The molecule has 0 unspecified atom stereocenters. The van der Waals surface area contributed by atoms with E-state index < -0.39 is 0 Å². The summed E-state index contributed by atoms with van der Waals surface area (Å²) in [6.07, 6.45) is 1.69. The molecule has 0 N–H and O–H groups in total. The van der Waals surface area contributed by atoms with Crippen LogP contribution in [-0.2, 0) is 5.41 Å². The van der Waals surface area contributed by atoms with Gasteiger partial charge in [-0.15, -0.1) is 0 Å². The molecule has 0 saturated carbocycles. The molecule has 3 rings (SSSR count). The van der Waals surface area contributed by atoms with E-state index in [0.29, 0.717) is 16.7 Å². The molecule has 0 atom stereocenters. The van der Waals surface area contributed by atoms with E-state index in [-0.39, 0.29) is 11.0 Å². The fraction of sp³-hybridized carbons (Fsp3) is 0.286. The summed E-state index contributed by atoms with van der Waals surface area (Å²) in [7, 11) is 3.98. The molecule has 7 heteroatoms. The number of nitrogens with zero attached hydrogens (tertiary/aromatic N) is 4. The summed E-state index contributed by atoms with van der Waals surface area (Å²) in [5.41, 5.74) is 2.10. The van der Waals surface area contributed by atoms with E-state index in [1.807, 2.05) is 70.1 Å². The zero-order valence-corrected chi connectivity index (χ0v) is 19.7. The standard InChI is InChI=1S/C21H22Br2N4O/c1-21(2,3)20-25-17-8-7-14(22)11-15(17)19(28)27(20)24-12-13-6-9-18(26(4)5)16(23)10-13/h6-12H,1-5H3. The molecule has 28 heavy (non-hydrogen) atoms. The fourth-order valence-electron chi connectivity index (χ4n) is 2.83. The van der Waals surface area contributed by atoms with Crippen molar-refractivity contribution in [3.63, 3.8) is 0 Å². The van der Waals surface area contributed by atoms with Gasteiger partial charge in [0.15, 0.2) is 0 Å². The first-order valence-electron chi connectivity index (χ1n) is 8.82. The molecular weight excluding hydrogens is 484 g/mol. The molecule has 0 bridgehead atoms. The van der Waals surface area contributed by atoms with Crippen LogP contribution in [0.15, 0.2) is 55.2 Å². The Hall–Kier alpha value is -1.99. The predicted octanol–water partition coefficient (Wildman–Crippen LogP) is 5.17. The summed E-state index contributed by atoms with van der Waals surface area (Å²) >= 11 is 7.01. The highest BCUT2D eigenvalue weighted by molar-refractivity contribution is 9.10. The Morgan fingerprint density at radius 3 is 2.43 bits per heavy atom. The number of rotatable bonds is 3. The molecule has 0 aliphatic heterocycles. The minimum Gasteiger partial charge on any atom is -0.377 e. The third-order valence-electron chi connectivity index (χ3n) is 4.25. The van der Waals surface area contributed by atoms with Gasteiger partial charge < -0.3 is 4.90 Å². The van der Waals surface area contributed by atoms with Crippen molar-refractivity contribution >= 4 is 54.7 Å². The minimum atomic E-state index is -0.340. The van der Waals surface area contributed by atoms with Crippen molar-refractivity contribution in [1.82, 2.24) is 9.66 Å². The van der Waals surface area contributed by atoms with Gasteiger partial charge >= 0.3 is 0 Å². The Kier molecular flexibility index (Phi) is 5.77. The van der Waals surface area contributed by atoms with Crippen molar-refractivity contribution in [2.75, 3.05) is 19.0 Å². The molecule has 0 radical (unpaired) electrons. The van der Waals surface area contributed by atoms with Crippen molar-refractivity contribution in [3.8, 4) is 0 Å². The Labute approximate surface area is 181 Å². The third kappa shape index (κ3) is 4.20. The van der Waals surface area contributed by atoms with Gasteiger partial charge in [-0.1, -0.05) is 42.8 Å². The molecule has 1 aromatic heterocycles. The summed E-state index contributed by atoms with van der Waals surface area (Å²) in [6.45, 7) is 6.07. The van der Waals surface area contributed by atoms with Gasteiger partial charge in [-0.25, -0.2) is 4.98 Å². The van der Waals surface area contributed by atoms with Crippen molar-refractivity contribution in [2.45, 2.75) is 26.2 Å². The van der Waals surface area contributed by atoms with Gasteiger partial charge in [0.2, 0.25) is 0 Å². The van der Waals surface area contributed by atoms with Crippen molar-refractivity contribution in [1.29, 1.82) is 0 Å². The number of anilines is 1. The minimum absolute atomic E-state index is 0.184. The number of fused-ring (bicyclic) bond motifs is 1. The topological polar surface area (TPSA) is 50.5 Å².